The smallest absolute Gasteiger partial charge is 0.273 e. The molecule has 1 N–H and O–H groups in total. The van der Waals surface area contributed by atoms with Crippen molar-refractivity contribution < 1.29 is 19.2 Å². The van der Waals surface area contributed by atoms with Crippen LogP contribution in [0.5, 0.6) is 11.5 Å². The molecule has 0 saturated heterocycles. The first-order valence-electron chi connectivity index (χ1n) is 10.1. The molecule has 33 heavy (non-hydrogen) atoms. The van der Waals surface area contributed by atoms with E-state index in [1.54, 1.807) is 36.4 Å². The highest BCUT2D eigenvalue weighted by atomic mass is 35.5. The normalized spacial score (nSPS) is 10.7. The van der Waals surface area contributed by atoms with Crippen molar-refractivity contribution in [2.75, 3.05) is 6.61 Å². The fourth-order valence-electron chi connectivity index (χ4n) is 2.99. The van der Waals surface area contributed by atoms with Gasteiger partial charge < -0.3 is 9.47 Å². The largest absolute Gasteiger partial charge is 0.490 e. The quantitative estimate of drug-likeness (QED) is 0.259. The Morgan fingerprint density at radius 3 is 2.52 bits per heavy atom. The van der Waals surface area contributed by atoms with Gasteiger partial charge in [0.15, 0.2) is 11.5 Å². The van der Waals surface area contributed by atoms with Crippen LogP contribution in [0.1, 0.15) is 23.6 Å². The molecule has 0 atom stereocenters. The lowest BCUT2D eigenvalue weighted by Crippen LogP contribution is -2.20. The van der Waals surface area contributed by atoms with Gasteiger partial charge in [0.2, 0.25) is 5.91 Å². The standard InChI is InChI=1S/C24H22ClN3O5/c1-2-32-23-13-17(11-12-22(23)33-16-19-8-3-5-9-20(19)25)15-26-27-24(29)14-18-7-4-6-10-21(18)28(30)31/h3-13,15H,2,14,16H2,1H3,(H,27,29)/b26-15+. The van der Waals surface area contributed by atoms with Crippen molar-refractivity contribution in [1.29, 1.82) is 0 Å². The maximum atomic E-state index is 12.1. The maximum absolute atomic E-state index is 12.1. The zero-order valence-corrected chi connectivity index (χ0v) is 18.6. The van der Waals surface area contributed by atoms with Gasteiger partial charge in [-0.25, -0.2) is 5.43 Å². The monoisotopic (exact) mass is 467 g/mol. The third-order valence-electron chi connectivity index (χ3n) is 4.55. The molecule has 3 rings (SSSR count). The van der Waals surface area contributed by atoms with Crippen molar-refractivity contribution >= 4 is 29.4 Å². The van der Waals surface area contributed by atoms with Gasteiger partial charge in [0.1, 0.15) is 6.61 Å². The van der Waals surface area contributed by atoms with Gasteiger partial charge in [0.05, 0.1) is 24.2 Å². The first-order valence-corrected chi connectivity index (χ1v) is 10.5. The lowest BCUT2D eigenvalue weighted by Gasteiger charge is -2.13. The van der Waals surface area contributed by atoms with Gasteiger partial charge in [-0.15, -0.1) is 0 Å². The van der Waals surface area contributed by atoms with Gasteiger partial charge in [-0.3, -0.25) is 14.9 Å². The predicted molar refractivity (Wildman–Crippen MR) is 126 cm³/mol. The van der Waals surface area contributed by atoms with Gasteiger partial charge in [-0.1, -0.05) is 48.0 Å². The Bertz CT molecular complexity index is 1170. The number of para-hydroxylation sites is 1. The number of benzene rings is 3. The fraction of sp³-hybridized carbons (Fsp3) is 0.167. The van der Waals surface area contributed by atoms with Crippen molar-refractivity contribution in [3.05, 3.63) is 98.6 Å². The molecule has 0 bridgehead atoms. The van der Waals surface area contributed by atoms with Gasteiger partial charge in [0.25, 0.3) is 5.69 Å². The molecular formula is C24H22ClN3O5. The van der Waals surface area contributed by atoms with E-state index in [2.05, 4.69) is 10.5 Å². The van der Waals surface area contributed by atoms with Gasteiger partial charge in [-0.2, -0.15) is 5.10 Å². The molecule has 0 radical (unpaired) electrons. The van der Waals surface area contributed by atoms with E-state index in [1.165, 1.54) is 18.3 Å². The summed E-state index contributed by atoms with van der Waals surface area (Å²) in [5, 5.41) is 15.6. The molecule has 3 aromatic carbocycles. The van der Waals surface area contributed by atoms with E-state index in [9.17, 15) is 14.9 Å². The van der Waals surface area contributed by atoms with Crippen molar-refractivity contribution in [2.45, 2.75) is 20.0 Å². The first-order chi connectivity index (χ1) is 16.0. The molecule has 0 spiro atoms. The second-order valence-electron chi connectivity index (χ2n) is 6.88. The number of nitrogens with zero attached hydrogens (tertiary/aromatic N) is 2. The molecule has 170 valence electrons. The average Bonchev–Trinajstić information content (AvgIpc) is 2.80. The van der Waals surface area contributed by atoms with Crippen molar-refractivity contribution in [3.63, 3.8) is 0 Å². The highest BCUT2D eigenvalue weighted by Crippen LogP contribution is 2.29. The molecule has 0 heterocycles. The molecular weight excluding hydrogens is 446 g/mol. The van der Waals surface area contributed by atoms with E-state index in [-0.39, 0.29) is 18.7 Å². The number of amides is 1. The van der Waals surface area contributed by atoms with Crippen LogP contribution in [0.2, 0.25) is 5.02 Å². The number of nitro groups is 1. The Morgan fingerprint density at radius 2 is 1.79 bits per heavy atom. The third kappa shape index (κ3) is 6.78. The van der Waals surface area contributed by atoms with Gasteiger partial charge in [0, 0.05) is 22.2 Å². The van der Waals surface area contributed by atoms with Crippen molar-refractivity contribution in [2.24, 2.45) is 5.10 Å². The summed E-state index contributed by atoms with van der Waals surface area (Å²) in [6, 6.07) is 18.8. The average molecular weight is 468 g/mol. The van der Waals surface area contributed by atoms with Crippen LogP contribution < -0.4 is 14.9 Å². The summed E-state index contributed by atoms with van der Waals surface area (Å²) in [5.41, 5.74) is 4.12. The summed E-state index contributed by atoms with van der Waals surface area (Å²) >= 11 is 6.18. The minimum absolute atomic E-state index is 0.106. The second-order valence-corrected chi connectivity index (χ2v) is 7.28. The molecule has 0 fully saturated rings. The van der Waals surface area contributed by atoms with E-state index in [1.807, 2.05) is 25.1 Å². The van der Waals surface area contributed by atoms with E-state index >= 15 is 0 Å². The molecule has 0 aliphatic heterocycles. The minimum Gasteiger partial charge on any atom is -0.490 e. The first kappa shape index (κ1) is 23.7. The molecule has 0 unspecified atom stereocenters. The van der Waals surface area contributed by atoms with Gasteiger partial charge >= 0.3 is 0 Å². The minimum atomic E-state index is -0.517. The molecule has 0 aromatic heterocycles. The van der Waals surface area contributed by atoms with E-state index in [0.29, 0.717) is 34.3 Å². The number of nitrogens with one attached hydrogen (secondary N) is 1. The number of nitro benzene ring substituents is 1. The maximum Gasteiger partial charge on any atom is 0.273 e. The molecule has 0 aliphatic carbocycles. The highest BCUT2D eigenvalue weighted by molar-refractivity contribution is 6.31. The Morgan fingerprint density at radius 1 is 1.06 bits per heavy atom. The summed E-state index contributed by atoms with van der Waals surface area (Å²) in [6.45, 7) is 2.59. The van der Waals surface area contributed by atoms with Crippen LogP contribution in [0.4, 0.5) is 5.69 Å². The predicted octanol–water partition coefficient (Wildman–Crippen LogP) is 4.92. The van der Waals surface area contributed by atoms with Crippen molar-refractivity contribution in [1.82, 2.24) is 5.43 Å². The van der Waals surface area contributed by atoms with E-state index in [4.69, 9.17) is 21.1 Å². The number of rotatable bonds is 10. The summed E-state index contributed by atoms with van der Waals surface area (Å²) in [6.07, 6.45) is 1.30. The second kappa shape index (κ2) is 11.6. The van der Waals surface area contributed by atoms with E-state index < -0.39 is 10.8 Å². The lowest BCUT2D eigenvalue weighted by molar-refractivity contribution is -0.385. The zero-order valence-electron chi connectivity index (χ0n) is 17.9. The molecule has 1 amide bonds. The summed E-state index contributed by atoms with van der Waals surface area (Å²) in [5.74, 6) is 0.611. The number of hydrogen-bond donors (Lipinski definition) is 1. The number of hydrogen-bond acceptors (Lipinski definition) is 6. The van der Waals surface area contributed by atoms with Gasteiger partial charge in [-0.05, 0) is 36.8 Å². The Balaban J connectivity index is 1.63. The van der Waals surface area contributed by atoms with Crippen LogP contribution in [0, 0.1) is 10.1 Å². The molecule has 8 nitrogen and oxygen atoms in total. The van der Waals surface area contributed by atoms with Crippen LogP contribution >= 0.6 is 11.6 Å². The summed E-state index contributed by atoms with van der Waals surface area (Å²) in [7, 11) is 0. The van der Waals surface area contributed by atoms with Crippen LogP contribution in [0.15, 0.2) is 71.8 Å². The molecule has 9 heteroatoms. The van der Waals surface area contributed by atoms with Crippen LogP contribution in [0.3, 0.4) is 0 Å². The van der Waals surface area contributed by atoms with Crippen LogP contribution in [-0.2, 0) is 17.8 Å². The van der Waals surface area contributed by atoms with Crippen molar-refractivity contribution in [3.8, 4) is 11.5 Å². The summed E-state index contributed by atoms with van der Waals surface area (Å²) < 4.78 is 11.5. The number of hydrazone groups is 1. The number of ether oxygens (including phenoxy) is 2. The highest BCUT2D eigenvalue weighted by Gasteiger charge is 2.15. The SMILES string of the molecule is CCOc1cc(/C=N/NC(=O)Cc2ccccc2[N+](=O)[O-])ccc1OCc1ccccc1Cl. The zero-order chi connectivity index (χ0) is 23.6. The Hall–Kier alpha value is -3.91. The Kier molecular flexibility index (Phi) is 8.37. The summed E-state index contributed by atoms with van der Waals surface area (Å²) in [4.78, 5) is 22.7. The van der Waals surface area contributed by atoms with Crippen LogP contribution in [-0.4, -0.2) is 23.7 Å². The number of carbonyl (C=O) groups excluding carboxylic acids is 1. The lowest BCUT2D eigenvalue weighted by atomic mass is 10.1. The number of carbonyl (C=O) groups is 1. The number of halogens is 1. The third-order valence-corrected chi connectivity index (χ3v) is 4.92. The van der Waals surface area contributed by atoms with Crippen LogP contribution in [0.25, 0.3) is 0 Å². The van der Waals surface area contributed by atoms with E-state index in [0.717, 1.165) is 5.56 Å². The topological polar surface area (TPSA) is 103 Å². The molecule has 0 saturated carbocycles. The fourth-order valence-corrected chi connectivity index (χ4v) is 3.18. The Labute approximate surface area is 195 Å². The molecule has 3 aromatic rings. The molecule has 0 aliphatic rings.